The van der Waals surface area contributed by atoms with E-state index in [1.807, 2.05) is 6.92 Å². The minimum absolute atomic E-state index is 0.247. The number of nitrogens with zero attached hydrogens (tertiary/aromatic N) is 1. The van der Waals surface area contributed by atoms with Crippen LogP contribution in [0.3, 0.4) is 0 Å². The summed E-state index contributed by atoms with van der Waals surface area (Å²) in [5, 5.41) is 10.2. The summed E-state index contributed by atoms with van der Waals surface area (Å²) in [7, 11) is -3.81. The zero-order valence-electron chi connectivity index (χ0n) is 11.7. The van der Waals surface area contributed by atoms with Crippen molar-refractivity contribution in [1.82, 2.24) is 0 Å². The third-order valence-corrected chi connectivity index (χ3v) is 5.71. The molecule has 2 atom stereocenters. The first-order valence-corrected chi connectivity index (χ1v) is 8.13. The number of nitro benzene ring substituents is 1. The lowest BCUT2D eigenvalue weighted by Gasteiger charge is -2.22. The molecule has 1 aromatic rings. The molecule has 2 unspecified atom stereocenters. The molecule has 2 N–H and O–H groups in total. The molecule has 7 heteroatoms. The average molecular weight is 300 g/mol. The molecule has 0 saturated heterocycles. The number of nitro groups is 1. The van der Waals surface area contributed by atoms with Gasteiger partial charge in [-0.15, -0.1) is 0 Å². The van der Waals surface area contributed by atoms with Crippen LogP contribution in [0.4, 0.5) is 5.69 Å². The maximum Gasteiger partial charge on any atom is 0.287 e. The Labute approximate surface area is 119 Å². The second-order valence-electron chi connectivity index (χ2n) is 4.67. The summed E-state index contributed by atoms with van der Waals surface area (Å²) >= 11 is 0. The topological polar surface area (TPSA) is 103 Å². The molecule has 0 saturated carbocycles. The number of hydrogen-bond acceptors (Lipinski definition) is 5. The minimum atomic E-state index is -3.81. The van der Waals surface area contributed by atoms with E-state index in [0.29, 0.717) is 12.8 Å². The molecule has 0 radical (unpaired) electrons. The Morgan fingerprint density at radius 1 is 1.30 bits per heavy atom. The molecule has 1 aromatic carbocycles. The van der Waals surface area contributed by atoms with Gasteiger partial charge in [0.05, 0.1) is 10.2 Å². The van der Waals surface area contributed by atoms with Crippen molar-refractivity contribution in [3.8, 4) is 0 Å². The maximum absolute atomic E-state index is 12.6. The van der Waals surface area contributed by atoms with Crippen LogP contribution in [0.25, 0.3) is 0 Å². The first-order valence-electron chi connectivity index (χ1n) is 6.59. The van der Waals surface area contributed by atoms with Crippen molar-refractivity contribution in [1.29, 1.82) is 0 Å². The van der Waals surface area contributed by atoms with Gasteiger partial charge in [-0.2, -0.15) is 0 Å². The molecule has 0 fully saturated rings. The molecule has 0 amide bonds. The molecule has 0 aromatic heterocycles. The van der Waals surface area contributed by atoms with Crippen LogP contribution in [-0.4, -0.2) is 24.6 Å². The predicted molar refractivity (Wildman–Crippen MR) is 77.2 cm³/mol. The van der Waals surface area contributed by atoms with Gasteiger partial charge in [0.15, 0.2) is 9.84 Å². The summed E-state index contributed by atoms with van der Waals surface area (Å²) in [6.45, 7) is 3.65. The molecular formula is C13H20N2O4S. The van der Waals surface area contributed by atoms with E-state index in [9.17, 15) is 18.5 Å². The van der Waals surface area contributed by atoms with Crippen LogP contribution in [0.15, 0.2) is 29.2 Å². The molecule has 0 bridgehead atoms. The van der Waals surface area contributed by atoms with E-state index in [1.165, 1.54) is 24.3 Å². The SMILES string of the molecule is CCCC(N)C(CC)S(=O)(=O)c1ccccc1[N+](=O)[O-]. The van der Waals surface area contributed by atoms with Gasteiger partial charge < -0.3 is 5.73 Å². The van der Waals surface area contributed by atoms with Crippen molar-refractivity contribution < 1.29 is 13.3 Å². The molecular weight excluding hydrogens is 280 g/mol. The second-order valence-corrected chi connectivity index (χ2v) is 6.80. The van der Waals surface area contributed by atoms with Gasteiger partial charge in [0.25, 0.3) is 5.69 Å². The smallest absolute Gasteiger partial charge is 0.287 e. The summed E-state index contributed by atoms with van der Waals surface area (Å²) in [4.78, 5) is 10.1. The predicted octanol–water partition coefficient (Wildman–Crippen LogP) is 2.27. The van der Waals surface area contributed by atoms with E-state index in [0.717, 1.165) is 6.42 Å². The van der Waals surface area contributed by atoms with Crippen molar-refractivity contribution in [2.75, 3.05) is 0 Å². The number of sulfone groups is 1. The van der Waals surface area contributed by atoms with Crippen molar-refractivity contribution in [2.45, 2.75) is 49.3 Å². The first-order chi connectivity index (χ1) is 9.36. The van der Waals surface area contributed by atoms with E-state index >= 15 is 0 Å². The number of rotatable bonds is 7. The maximum atomic E-state index is 12.6. The summed E-state index contributed by atoms with van der Waals surface area (Å²) < 4.78 is 25.2. The van der Waals surface area contributed by atoms with E-state index in [-0.39, 0.29) is 4.90 Å². The molecule has 0 heterocycles. The van der Waals surface area contributed by atoms with Crippen LogP contribution >= 0.6 is 0 Å². The molecule has 0 aliphatic rings. The third kappa shape index (κ3) is 3.34. The second kappa shape index (κ2) is 6.81. The fraction of sp³-hybridized carbons (Fsp3) is 0.538. The Balaban J connectivity index is 3.31. The van der Waals surface area contributed by atoms with Crippen molar-refractivity contribution >= 4 is 15.5 Å². The summed E-state index contributed by atoms with van der Waals surface area (Å²) in [5.41, 5.74) is 5.55. The zero-order chi connectivity index (χ0) is 15.3. The lowest BCUT2D eigenvalue weighted by atomic mass is 10.1. The largest absolute Gasteiger partial charge is 0.327 e. The minimum Gasteiger partial charge on any atom is -0.327 e. The van der Waals surface area contributed by atoms with E-state index < -0.39 is 31.7 Å². The first kappa shape index (κ1) is 16.6. The highest BCUT2D eigenvalue weighted by molar-refractivity contribution is 7.92. The van der Waals surface area contributed by atoms with Gasteiger partial charge in [-0.3, -0.25) is 10.1 Å². The van der Waals surface area contributed by atoms with Crippen LogP contribution in [0.1, 0.15) is 33.1 Å². The summed E-state index contributed by atoms with van der Waals surface area (Å²) in [5.74, 6) is 0. The number of benzene rings is 1. The average Bonchev–Trinajstić information content (AvgIpc) is 2.39. The Kier molecular flexibility index (Phi) is 5.64. The third-order valence-electron chi connectivity index (χ3n) is 3.27. The zero-order valence-corrected chi connectivity index (χ0v) is 12.5. The Bertz CT molecular complexity index is 571. The monoisotopic (exact) mass is 300 g/mol. The van der Waals surface area contributed by atoms with E-state index in [1.54, 1.807) is 6.92 Å². The number of para-hydroxylation sites is 1. The van der Waals surface area contributed by atoms with Crippen LogP contribution in [0.2, 0.25) is 0 Å². The molecule has 6 nitrogen and oxygen atoms in total. The Morgan fingerprint density at radius 2 is 1.90 bits per heavy atom. The van der Waals surface area contributed by atoms with Crippen LogP contribution < -0.4 is 5.73 Å². The van der Waals surface area contributed by atoms with Gasteiger partial charge >= 0.3 is 0 Å². The van der Waals surface area contributed by atoms with Crippen molar-refractivity contribution in [2.24, 2.45) is 5.73 Å². The quantitative estimate of drug-likeness (QED) is 0.614. The van der Waals surface area contributed by atoms with Crippen LogP contribution in [-0.2, 0) is 9.84 Å². The highest BCUT2D eigenvalue weighted by atomic mass is 32.2. The molecule has 1 rings (SSSR count). The number of nitrogens with two attached hydrogens (primary N) is 1. The Hall–Kier alpha value is -1.47. The lowest BCUT2D eigenvalue weighted by molar-refractivity contribution is -0.387. The molecule has 0 aliphatic carbocycles. The summed E-state index contributed by atoms with van der Waals surface area (Å²) in [6.07, 6.45) is 1.66. The number of hydrogen-bond donors (Lipinski definition) is 1. The van der Waals surface area contributed by atoms with Crippen LogP contribution in [0.5, 0.6) is 0 Å². The van der Waals surface area contributed by atoms with Gasteiger partial charge in [0, 0.05) is 12.1 Å². The normalized spacial score (nSPS) is 14.8. The molecule has 0 spiro atoms. The lowest BCUT2D eigenvalue weighted by Crippen LogP contribution is -2.40. The summed E-state index contributed by atoms with van der Waals surface area (Å²) in [6, 6.07) is 4.89. The highest BCUT2D eigenvalue weighted by Gasteiger charge is 2.35. The van der Waals surface area contributed by atoms with Crippen LogP contribution in [0, 0.1) is 10.1 Å². The van der Waals surface area contributed by atoms with Crippen molar-refractivity contribution in [3.63, 3.8) is 0 Å². The van der Waals surface area contributed by atoms with Gasteiger partial charge in [0.2, 0.25) is 0 Å². The van der Waals surface area contributed by atoms with E-state index in [2.05, 4.69) is 0 Å². The molecule has 112 valence electrons. The van der Waals surface area contributed by atoms with Gasteiger partial charge in [-0.1, -0.05) is 32.4 Å². The Morgan fingerprint density at radius 3 is 2.40 bits per heavy atom. The van der Waals surface area contributed by atoms with Crippen molar-refractivity contribution in [3.05, 3.63) is 34.4 Å². The fourth-order valence-electron chi connectivity index (χ4n) is 2.28. The fourth-order valence-corrected chi connectivity index (χ4v) is 4.35. The molecule has 20 heavy (non-hydrogen) atoms. The standard InChI is InChI=1S/C13H20N2O4S/c1-3-7-10(14)12(4-2)20(18,19)13-9-6-5-8-11(13)15(16)17/h5-6,8-10,12H,3-4,7,14H2,1-2H3. The van der Waals surface area contributed by atoms with Gasteiger partial charge in [-0.25, -0.2) is 8.42 Å². The molecule has 0 aliphatic heterocycles. The van der Waals surface area contributed by atoms with E-state index in [4.69, 9.17) is 5.73 Å². The van der Waals surface area contributed by atoms with Gasteiger partial charge in [0.1, 0.15) is 4.90 Å². The van der Waals surface area contributed by atoms with Gasteiger partial charge in [-0.05, 0) is 18.9 Å². The highest BCUT2D eigenvalue weighted by Crippen LogP contribution is 2.29.